The van der Waals surface area contributed by atoms with Gasteiger partial charge in [0.2, 0.25) is 0 Å². The molecule has 0 atom stereocenters. The summed E-state index contributed by atoms with van der Waals surface area (Å²) in [6.45, 7) is 2.59. The van der Waals surface area contributed by atoms with Gasteiger partial charge in [-0.1, -0.05) is 24.3 Å². The molecule has 6 nitrogen and oxygen atoms in total. The lowest BCUT2D eigenvalue weighted by Gasteiger charge is -2.30. The lowest BCUT2D eigenvalue weighted by molar-refractivity contribution is -0.129. The number of carbonyl (C=O) groups is 4. The van der Waals surface area contributed by atoms with E-state index in [4.69, 9.17) is 11.5 Å². The van der Waals surface area contributed by atoms with Crippen molar-refractivity contribution in [2.24, 2.45) is 11.5 Å². The highest BCUT2D eigenvalue weighted by molar-refractivity contribution is 6.07. The van der Waals surface area contributed by atoms with Gasteiger partial charge in [-0.25, -0.2) is 0 Å². The molecular formula is C14H18N2O4. The molecule has 1 aliphatic carbocycles. The summed E-state index contributed by atoms with van der Waals surface area (Å²) in [4.78, 5) is 45.6. The highest BCUT2D eigenvalue weighted by Crippen LogP contribution is 2.22. The average molecular weight is 278 g/mol. The van der Waals surface area contributed by atoms with Crippen LogP contribution in [0.1, 0.15) is 26.7 Å². The summed E-state index contributed by atoms with van der Waals surface area (Å²) >= 11 is 0. The third-order valence-electron chi connectivity index (χ3n) is 3.05. The minimum atomic E-state index is -1.44. The highest BCUT2D eigenvalue weighted by atomic mass is 16.2. The Kier molecular flexibility index (Phi) is 4.52. The zero-order valence-corrected chi connectivity index (χ0v) is 11.5. The minimum absolute atomic E-state index is 0.288. The van der Waals surface area contributed by atoms with Crippen LogP contribution in [-0.2, 0) is 19.2 Å². The molecular weight excluding hydrogens is 260 g/mol. The Morgan fingerprint density at radius 1 is 0.750 bits per heavy atom. The Labute approximate surface area is 116 Å². The van der Waals surface area contributed by atoms with Crippen molar-refractivity contribution in [1.29, 1.82) is 0 Å². The molecule has 0 heterocycles. The Bertz CT molecular complexity index is 471. The minimum Gasteiger partial charge on any atom is -0.313 e. The van der Waals surface area contributed by atoms with Gasteiger partial charge in [0.15, 0.2) is 11.6 Å². The maximum atomic E-state index is 11.9. The predicted molar refractivity (Wildman–Crippen MR) is 72.7 cm³/mol. The van der Waals surface area contributed by atoms with Gasteiger partial charge in [-0.05, 0) is 13.8 Å². The lowest BCUT2D eigenvalue weighted by Crippen LogP contribution is -2.52. The van der Waals surface area contributed by atoms with Crippen LogP contribution in [0, 0.1) is 0 Å². The predicted octanol–water partition coefficient (Wildman–Crippen LogP) is -0.396. The molecule has 0 amide bonds. The number of nitrogens with two attached hydrogens (primary N) is 2. The Morgan fingerprint density at radius 2 is 1.00 bits per heavy atom. The Morgan fingerprint density at radius 3 is 1.20 bits per heavy atom. The third-order valence-corrected chi connectivity index (χ3v) is 3.05. The molecule has 0 saturated heterocycles. The number of rotatable bonds is 6. The molecule has 0 aromatic heterocycles. The van der Waals surface area contributed by atoms with Gasteiger partial charge in [0.25, 0.3) is 0 Å². The maximum Gasteiger partial charge on any atom is 0.167 e. The molecule has 20 heavy (non-hydrogen) atoms. The molecule has 1 aliphatic rings. The second-order valence-corrected chi connectivity index (χ2v) is 5.14. The molecule has 4 N–H and O–H groups in total. The van der Waals surface area contributed by atoms with Crippen LogP contribution in [0.25, 0.3) is 0 Å². The fourth-order valence-electron chi connectivity index (χ4n) is 1.79. The molecule has 0 radical (unpaired) electrons. The SMILES string of the molecule is CC(=O)CC(=O)C1(N)C=CC(N)(C(=O)CC(C)=O)C=C1. The van der Waals surface area contributed by atoms with E-state index < -0.39 is 22.6 Å². The van der Waals surface area contributed by atoms with E-state index in [1.807, 2.05) is 0 Å². The lowest BCUT2D eigenvalue weighted by atomic mass is 9.79. The first-order chi connectivity index (χ1) is 9.09. The van der Waals surface area contributed by atoms with Gasteiger partial charge >= 0.3 is 0 Å². The quantitative estimate of drug-likeness (QED) is 0.504. The number of hydrogen-bond donors (Lipinski definition) is 2. The van der Waals surface area contributed by atoms with Crippen LogP contribution in [0.4, 0.5) is 0 Å². The second-order valence-electron chi connectivity index (χ2n) is 5.14. The van der Waals surface area contributed by atoms with Gasteiger partial charge in [-0.3, -0.25) is 19.2 Å². The summed E-state index contributed by atoms with van der Waals surface area (Å²) in [7, 11) is 0. The smallest absolute Gasteiger partial charge is 0.167 e. The fraction of sp³-hybridized carbons (Fsp3) is 0.429. The molecule has 0 unspecified atom stereocenters. The van der Waals surface area contributed by atoms with Crippen molar-refractivity contribution in [1.82, 2.24) is 0 Å². The van der Waals surface area contributed by atoms with Gasteiger partial charge in [0, 0.05) is 0 Å². The third kappa shape index (κ3) is 3.55. The van der Waals surface area contributed by atoms with Crippen LogP contribution >= 0.6 is 0 Å². The molecule has 0 bridgehead atoms. The normalized spacial score (nSPS) is 28.2. The van der Waals surface area contributed by atoms with E-state index in [1.165, 1.54) is 38.2 Å². The van der Waals surface area contributed by atoms with Crippen LogP contribution in [0.15, 0.2) is 24.3 Å². The topological polar surface area (TPSA) is 120 Å². The van der Waals surface area contributed by atoms with Crippen LogP contribution in [0.2, 0.25) is 0 Å². The van der Waals surface area contributed by atoms with Gasteiger partial charge in [-0.15, -0.1) is 0 Å². The largest absolute Gasteiger partial charge is 0.313 e. The van der Waals surface area contributed by atoms with Crippen molar-refractivity contribution in [3.8, 4) is 0 Å². The molecule has 0 aromatic carbocycles. The summed E-state index contributed by atoms with van der Waals surface area (Å²) in [6, 6.07) is 0. The van der Waals surface area contributed by atoms with Crippen molar-refractivity contribution in [2.45, 2.75) is 37.8 Å². The molecule has 0 saturated carbocycles. The summed E-state index contributed by atoms with van der Waals surface area (Å²) < 4.78 is 0. The van der Waals surface area contributed by atoms with E-state index in [9.17, 15) is 19.2 Å². The second kappa shape index (κ2) is 5.60. The summed E-state index contributed by atoms with van der Waals surface area (Å²) in [5.74, 6) is -1.53. The highest BCUT2D eigenvalue weighted by Gasteiger charge is 2.37. The molecule has 0 aliphatic heterocycles. The Hall–Kier alpha value is -1.92. The molecule has 0 fully saturated rings. The van der Waals surface area contributed by atoms with Gasteiger partial charge in [-0.2, -0.15) is 0 Å². The summed E-state index contributed by atoms with van der Waals surface area (Å²) in [6.07, 6.45) is 4.63. The first kappa shape index (κ1) is 16.1. The zero-order chi connectivity index (χ0) is 15.6. The maximum absolute atomic E-state index is 11.9. The van der Waals surface area contributed by atoms with E-state index in [0.29, 0.717) is 0 Å². The van der Waals surface area contributed by atoms with Crippen LogP contribution < -0.4 is 11.5 Å². The van der Waals surface area contributed by atoms with Crippen LogP contribution in [0.5, 0.6) is 0 Å². The summed E-state index contributed by atoms with van der Waals surface area (Å²) in [5, 5.41) is 0. The standard InChI is InChI=1S/C14H18N2O4/c1-9(17)7-11(19)13(15)3-5-14(16,6-4-13)12(20)8-10(2)18/h3-6H,7-8,15-16H2,1-2H3. The fourth-order valence-corrected chi connectivity index (χ4v) is 1.79. The van der Waals surface area contributed by atoms with E-state index >= 15 is 0 Å². The van der Waals surface area contributed by atoms with Crippen molar-refractivity contribution in [3.63, 3.8) is 0 Å². The van der Waals surface area contributed by atoms with E-state index in [-0.39, 0.29) is 24.4 Å². The van der Waals surface area contributed by atoms with Gasteiger partial charge in [0.1, 0.15) is 22.6 Å². The van der Waals surface area contributed by atoms with Crippen molar-refractivity contribution >= 4 is 23.1 Å². The molecule has 0 aromatic rings. The van der Waals surface area contributed by atoms with E-state index in [0.717, 1.165) is 0 Å². The summed E-state index contributed by atoms with van der Waals surface area (Å²) in [5.41, 5.74) is 8.85. The zero-order valence-electron chi connectivity index (χ0n) is 11.5. The number of Topliss-reactive ketones (excluding diaryl/α,β-unsaturated/α-hetero) is 4. The average Bonchev–Trinajstić information content (AvgIpc) is 2.31. The molecule has 108 valence electrons. The number of carbonyl (C=O) groups excluding carboxylic acids is 4. The van der Waals surface area contributed by atoms with Gasteiger partial charge < -0.3 is 11.5 Å². The van der Waals surface area contributed by atoms with Gasteiger partial charge in [0.05, 0.1) is 12.8 Å². The number of ketones is 4. The van der Waals surface area contributed by atoms with E-state index in [2.05, 4.69) is 0 Å². The molecule has 6 heteroatoms. The van der Waals surface area contributed by atoms with Crippen molar-refractivity contribution in [3.05, 3.63) is 24.3 Å². The molecule has 0 spiro atoms. The first-order valence-corrected chi connectivity index (χ1v) is 6.13. The van der Waals surface area contributed by atoms with Crippen LogP contribution in [0.3, 0.4) is 0 Å². The van der Waals surface area contributed by atoms with Crippen molar-refractivity contribution < 1.29 is 19.2 Å². The number of hydrogen-bond acceptors (Lipinski definition) is 6. The van der Waals surface area contributed by atoms with Crippen molar-refractivity contribution in [2.75, 3.05) is 0 Å². The van der Waals surface area contributed by atoms with Crippen LogP contribution in [-0.4, -0.2) is 34.2 Å². The Balaban J connectivity index is 2.91. The van der Waals surface area contributed by atoms with E-state index in [1.54, 1.807) is 0 Å². The molecule has 1 rings (SSSR count). The first-order valence-electron chi connectivity index (χ1n) is 6.13. The monoisotopic (exact) mass is 278 g/mol.